The molecule has 6 atom stereocenters. The predicted molar refractivity (Wildman–Crippen MR) is 200 cm³/mol. The van der Waals surface area contributed by atoms with E-state index in [-0.39, 0.29) is 12.8 Å². The molecule has 2 aromatic rings. The summed E-state index contributed by atoms with van der Waals surface area (Å²) in [5, 5.41) is 31.7. The number of aromatic nitrogens is 1. The van der Waals surface area contributed by atoms with E-state index < -0.39 is 103 Å². The Morgan fingerprint density at radius 1 is 0.778 bits per heavy atom. The molecule has 0 aliphatic carbocycles. The van der Waals surface area contributed by atoms with Crippen molar-refractivity contribution in [2.45, 2.75) is 94.5 Å². The summed E-state index contributed by atoms with van der Waals surface area (Å²) in [5.74, 6) is -7.49. The fourth-order valence-corrected chi connectivity index (χ4v) is 5.79. The number of hydrogen-bond donors (Lipinski definition) is 11. The van der Waals surface area contributed by atoms with Gasteiger partial charge in [0.05, 0.1) is 12.5 Å². The fourth-order valence-electron chi connectivity index (χ4n) is 5.30. The second-order valence-corrected chi connectivity index (χ2v) is 13.6. The van der Waals surface area contributed by atoms with Gasteiger partial charge in [-0.05, 0) is 69.2 Å². The molecule has 298 valence electrons. The lowest BCUT2D eigenvalue weighted by Crippen LogP contribution is -2.59. The van der Waals surface area contributed by atoms with Gasteiger partial charge in [-0.3, -0.25) is 33.6 Å². The Labute approximate surface area is 316 Å². The smallest absolute Gasteiger partial charge is 0.326 e. The van der Waals surface area contributed by atoms with Crippen molar-refractivity contribution in [2.24, 2.45) is 17.2 Å². The second-order valence-electron chi connectivity index (χ2n) is 12.7. The van der Waals surface area contributed by atoms with Gasteiger partial charge in [0.15, 0.2) is 0 Å². The number of rotatable bonds is 25. The number of fused-ring (bicyclic) bond motifs is 1. The van der Waals surface area contributed by atoms with Gasteiger partial charge in [-0.15, -0.1) is 0 Å². The van der Waals surface area contributed by atoms with Crippen molar-refractivity contribution >= 4 is 70.0 Å². The molecule has 20 heteroatoms. The quantitative estimate of drug-likeness (QED) is 0.0496. The van der Waals surface area contributed by atoms with Gasteiger partial charge >= 0.3 is 11.9 Å². The van der Waals surface area contributed by atoms with Crippen molar-refractivity contribution in [3.8, 4) is 0 Å². The highest BCUT2D eigenvalue weighted by Crippen LogP contribution is 2.19. The molecular formula is C34H51N9O10S. The second kappa shape index (κ2) is 22.8. The third-order valence-electron chi connectivity index (χ3n) is 8.33. The number of nitrogens with one attached hydrogen (secondary N) is 6. The molecule has 1 heterocycles. The molecule has 0 bridgehead atoms. The number of primary amides is 1. The van der Waals surface area contributed by atoms with E-state index in [1.54, 1.807) is 6.20 Å². The maximum absolute atomic E-state index is 13.6. The maximum atomic E-state index is 13.6. The number of amides is 6. The monoisotopic (exact) mass is 777 g/mol. The van der Waals surface area contributed by atoms with Crippen molar-refractivity contribution in [1.29, 1.82) is 0 Å². The van der Waals surface area contributed by atoms with Crippen LogP contribution >= 0.6 is 11.8 Å². The first-order valence-corrected chi connectivity index (χ1v) is 18.7. The highest BCUT2D eigenvalue weighted by molar-refractivity contribution is 7.98. The van der Waals surface area contributed by atoms with Crippen LogP contribution in [0.15, 0.2) is 30.5 Å². The minimum Gasteiger partial charge on any atom is -0.481 e. The van der Waals surface area contributed by atoms with Crippen molar-refractivity contribution < 1.29 is 48.6 Å². The van der Waals surface area contributed by atoms with Crippen LogP contribution in [-0.4, -0.2) is 117 Å². The number of para-hydroxylation sites is 1. The molecule has 0 saturated carbocycles. The van der Waals surface area contributed by atoms with Crippen LogP contribution in [0.2, 0.25) is 0 Å². The Morgan fingerprint density at radius 3 is 2.02 bits per heavy atom. The van der Waals surface area contributed by atoms with Crippen LogP contribution in [-0.2, 0) is 44.8 Å². The molecular weight excluding hydrogens is 726 g/mol. The molecule has 19 nitrogen and oxygen atoms in total. The molecule has 0 fully saturated rings. The topological polar surface area (TPSA) is 331 Å². The van der Waals surface area contributed by atoms with Crippen LogP contribution < -0.4 is 43.8 Å². The number of carboxylic acid groups (broad SMARTS) is 2. The van der Waals surface area contributed by atoms with Gasteiger partial charge in [-0.2, -0.15) is 11.8 Å². The number of unbranched alkanes of at least 4 members (excludes halogenated alkanes) is 1. The van der Waals surface area contributed by atoms with Crippen LogP contribution in [0, 0.1) is 0 Å². The van der Waals surface area contributed by atoms with Gasteiger partial charge in [0.1, 0.15) is 30.2 Å². The first-order valence-electron chi connectivity index (χ1n) is 17.3. The molecule has 54 heavy (non-hydrogen) atoms. The Kier molecular flexibility index (Phi) is 19.0. The summed E-state index contributed by atoms with van der Waals surface area (Å²) in [6.07, 6.45) is 2.96. The SMILES string of the molecule is CSCC[C@H](N)C(=O)N[C@@H](Cc1c[nH]c2ccccc12)C(=O)N[C@@H](C)C(=O)N[C@@H](CCC(=O)O)C(=O)N[C@@H](CC(N)=O)C(=O)N[C@@H](CCCCN)C(=O)O. The summed E-state index contributed by atoms with van der Waals surface area (Å²) in [6, 6.07) is -0.741. The third-order valence-corrected chi connectivity index (χ3v) is 8.98. The summed E-state index contributed by atoms with van der Waals surface area (Å²) < 4.78 is 0. The van der Waals surface area contributed by atoms with Crippen LogP contribution in [0.25, 0.3) is 10.9 Å². The van der Waals surface area contributed by atoms with E-state index >= 15 is 0 Å². The molecule has 0 aliphatic rings. The summed E-state index contributed by atoms with van der Waals surface area (Å²) in [6.45, 7) is 1.59. The molecule has 1 aromatic heterocycles. The lowest BCUT2D eigenvalue weighted by atomic mass is 10.0. The van der Waals surface area contributed by atoms with Crippen LogP contribution in [0.4, 0.5) is 0 Å². The summed E-state index contributed by atoms with van der Waals surface area (Å²) >= 11 is 1.50. The van der Waals surface area contributed by atoms with Crippen molar-refractivity contribution in [3.05, 3.63) is 36.0 Å². The van der Waals surface area contributed by atoms with Gasteiger partial charge in [0.2, 0.25) is 35.4 Å². The Balaban J connectivity index is 2.24. The predicted octanol–water partition coefficient (Wildman–Crippen LogP) is -1.81. The molecule has 1 aromatic carbocycles. The fraction of sp³-hybridized carbons (Fsp3) is 0.529. The van der Waals surface area contributed by atoms with Crippen molar-refractivity contribution in [2.75, 3.05) is 18.6 Å². The maximum Gasteiger partial charge on any atom is 0.326 e. The average molecular weight is 778 g/mol. The Morgan fingerprint density at radius 2 is 1.39 bits per heavy atom. The van der Waals surface area contributed by atoms with Crippen LogP contribution in [0.5, 0.6) is 0 Å². The van der Waals surface area contributed by atoms with Gasteiger partial charge in [0.25, 0.3) is 0 Å². The Bertz CT molecular complexity index is 1640. The third kappa shape index (κ3) is 15.0. The zero-order valence-corrected chi connectivity index (χ0v) is 31.0. The number of aromatic amines is 1. The molecule has 0 spiro atoms. The number of hydrogen-bond acceptors (Lipinski definition) is 11. The van der Waals surface area contributed by atoms with E-state index in [0.717, 1.165) is 10.9 Å². The first kappa shape index (κ1) is 44.9. The van der Waals surface area contributed by atoms with Crippen molar-refractivity contribution in [1.82, 2.24) is 31.6 Å². The minimum atomic E-state index is -1.68. The summed E-state index contributed by atoms with van der Waals surface area (Å²) in [4.78, 5) is 104. The number of carboxylic acids is 2. The van der Waals surface area contributed by atoms with Gasteiger partial charge in [-0.25, -0.2) is 4.79 Å². The number of thioether (sulfide) groups is 1. The normalized spacial score (nSPS) is 14.4. The minimum absolute atomic E-state index is 0.00749. The number of benzene rings is 1. The van der Waals surface area contributed by atoms with E-state index in [0.29, 0.717) is 37.1 Å². The standard InChI is InChI=1S/C34H51N9O10S/c1-18(39-32(50)25(42-30(48)21(36)12-14-54-2)15-19-17-38-22-8-4-3-7-20(19)22)29(47)40-23(10-11-28(45)46)31(49)43-26(16-27(37)44)33(51)41-24(34(52)53)9-5-6-13-35/h3-4,7-8,17-18,21,23-26,38H,5-6,9-16,35-36H2,1-2H3,(H2,37,44)(H,39,50)(H,40,47)(H,41,51)(H,42,48)(H,43,49)(H,45,46)(H,52,53)/t18-,21-,23-,24-,25-,26-/m0/s1. The van der Waals surface area contributed by atoms with E-state index in [4.69, 9.17) is 17.2 Å². The zero-order valence-electron chi connectivity index (χ0n) is 30.2. The van der Waals surface area contributed by atoms with E-state index in [2.05, 4.69) is 31.6 Å². The van der Waals surface area contributed by atoms with Crippen LogP contribution in [0.1, 0.15) is 57.4 Å². The molecule has 2 rings (SSSR count). The molecule has 6 amide bonds. The number of aliphatic carboxylic acids is 2. The lowest BCUT2D eigenvalue weighted by molar-refractivity contribution is -0.142. The molecule has 0 unspecified atom stereocenters. The highest BCUT2D eigenvalue weighted by Gasteiger charge is 2.33. The number of H-pyrrole nitrogens is 1. The Hall–Kier alpha value is -5.21. The highest BCUT2D eigenvalue weighted by atomic mass is 32.2. The van der Waals surface area contributed by atoms with E-state index in [1.165, 1.54) is 18.7 Å². The zero-order chi connectivity index (χ0) is 40.4. The number of nitrogens with two attached hydrogens (primary N) is 3. The van der Waals surface area contributed by atoms with Crippen molar-refractivity contribution in [3.63, 3.8) is 0 Å². The van der Waals surface area contributed by atoms with E-state index in [9.17, 15) is 48.6 Å². The van der Waals surface area contributed by atoms with Gasteiger partial charge in [0, 0.05) is 29.9 Å². The number of carbonyl (C=O) groups is 8. The van der Waals surface area contributed by atoms with Crippen LogP contribution in [0.3, 0.4) is 0 Å². The van der Waals surface area contributed by atoms with E-state index in [1.807, 2.05) is 30.5 Å². The molecule has 0 aliphatic heterocycles. The first-order chi connectivity index (χ1) is 25.6. The summed E-state index contributed by atoms with van der Waals surface area (Å²) in [7, 11) is 0. The van der Waals surface area contributed by atoms with Gasteiger partial charge < -0.3 is 59.0 Å². The average Bonchev–Trinajstić information content (AvgIpc) is 3.53. The largest absolute Gasteiger partial charge is 0.481 e. The number of carbonyl (C=O) groups excluding carboxylic acids is 6. The summed E-state index contributed by atoms with van der Waals surface area (Å²) in [5.41, 5.74) is 18.3. The lowest BCUT2D eigenvalue weighted by Gasteiger charge is -2.26. The molecule has 0 saturated heterocycles. The molecule has 14 N–H and O–H groups in total. The molecule has 0 radical (unpaired) electrons. The van der Waals surface area contributed by atoms with Gasteiger partial charge in [-0.1, -0.05) is 18.2 Å².